The lowest BCUT2D eigenvalue weighted by Gasteiger charge is -2.34. The molecule has 1 aliphatic rings. The van der Waals surface area contributed by atoms with Gasteiger partial charge in [-0.1, -0.05) is 55.3 Å². The highest BCUT2D eigenvalue weighted by molar-refractivity contribution is 5.91. The van der Waals surface area contributed by atoms with Crippen LogP contribution in [0.1, 0.15) is 43.7 Å². The molecular weight excluding hydrogens is 369 g/mol. The van der Waals surface area contributed by atoms with Crippen LogP contribution < -0.4 is 10.6 Å². The molecule has 0 heterocycles. The van der Waals surface area contributed by atoms with Gasteiger partial charge in [-0.25, -0.2) is 9.18 Å². The van der Waals surface area contributed by atoms with E-state index in [1.165, 1.54) is 12.1 Å². The largest absolute Gasteiger partial charge is 0.337 e. The van der Waals surface area contributed by atoms with E-state index < -0.39 is 5.54 Å². The van der Waals surface area contributed by atoms with Crippen LogP contribution in [0, 0.1) is 5.82 Å². The normalized spacial score (nSPS) is 15.0. The van der Waals surface area contributed by atoms with Crippen molar-refractivity contribution in [1.29, 1.82) is 0 Å². The minimum Gasteiger partial charge on any atom is -0.337 e. The van der Waals surface area contributed by atoms with E-state index in [2.05, 4.69) is 10.6 Å². The molecule has 29 heavy (non-hydrogen) atoms. The SMILES string of the molecule is CCN(Cc1cccc(F)c1)C(=O)C1(NC(=O)NCc2ccccc2)CCCC1. The second-order valence-electron chi connectivity index (χ2n) is 7.53. The Hall–Kier alpha value is -2.89. The number of nitrogens with one attached hydrogen (secondary N) is 2. The number of amides is 3. The van der Waals surface area contributed by atoms with Gasteiger partial charge in [-0.15, -0.1) is 0 Å². The fourth-order valence-electron chi connectivity index (χ4n) is 3.90. The van der Waals surface area contributed by atoms with E-state index in [9.17, 15) is 14.0 Å². The topological polar surface area (TPSA) is 61.4 Å². The summed E-state index contributed by atoms with van der Waals surface area (Å²) in [4.78, 5) is 27.6. The van der Waals surface area contributed by atoms with Crippen LogP contribution in [0.2, 0.25) is 0 Å². The average Bonchev–Trinajstić information content (AvgIpc) is 3.20. The molecule has 6 heteroatoms. The number of nitrogens with zero attached hydrogens (tertiary/aromatic N) is 1. The number of hydrogen-bond donors (Lipinski definition) is 2. The smallest absolute Gasteiger partial charge is 0.315 e. The van der Waals surface area contributed by atoms with Crippen LogP contribution >= 0.6 is 0 Å². The van der Waals surface area contributed by atoms with Crippen molar-refractivity contribution in [3.05, 3.63) is 71.5 Å². The summed E-state index contributed by atoms with van der Waals surface area (Å²) in [6.45, 7) is 3.11. The maximum absolute atomic E-state index is 13.5. The Kier molecular flexibility index (Phi) is 6.86. The second-order valence-corrected chi connectivity index (χ2v) is 7.53. The number of carbonyl (C=O) groups excluding carboxylic acids is 2. The fraction of sp³-hybridized carbons (Fsp3) is 0.391. The van der Waals surface area contributed by atoms with E-state index in [4.69, 9.17) is 0 Å². The van der Waals surface area contributed by atoms with Crippen LogP contribution in [-0.4, -0.2) is 28.9 Å². The predicted molar refractivity (Wildman–Crippen MR) is 111 cm³/mol. The van der Waals surface area contributed by atoms with Gasteiger partial charge in [0.1, 0.15) is 11.4 Å². The molecule has 0 bridgehead atoms. The predicted octanol–water partition coefficient (Wildman–Crippen LogP) is 3.99. The third kappa shape index (κ3) is 5.34. The van der Waals surface area contributed by atoms with Gasteiger partial charge in [0, 0.05) is 19.6 Å². The average molecular weight is 397 g/mol. The molecule has 3 amide bonds. The first-order chi connectivity index (χ1) is 14.0. The highest BCUT2D eigenvalue weighted by Gasteiger charge is 2.44. The van der Waals surface area contributed by atoms with E-state index >= 15 is 0 Å². The second kappa shape index (κ2) is 9.54. The summed E-state index contributed by atoms with van der Waals surface area (Å²) in [6.07, 6.45) is 3.01. The van der Waals surface area contributed by atoms with Gasteiger partial charge in [-0.05, 0) is 43.0 Å². The first-order valence-corrected chi connectivity index (χ1v) is 10.2. The summed E-state index contributed by atoms with van der Waals surface area (Å²) in [5.41, 5.74) is 0.835. The molecule has 0 radical (unpaired) electrons. The van der Waals surface area contributed by atoms with Gasteiger partial charge in [0.15, 0.2) is 0 Å². The van der Waals surface area contributed by atoms with Crippen molar-refractivity contribution in [1.82, 2.24) is 15.5 Å². The number of carbonyl (C=O) groups is 2. The van der Waals surface area contributed by atoms with E-state index in [-0.39, 0.29) is 17.8 Å². The van der Waals surface area contributed by atoms with Gasteiger partial charge >= 0.3 is 6.03 Å². The lowest BCUT2D eigenvalue weighted by molar-refractivity contribution is -0.138. The van der Waals surface area contributed by atoms with Gasteiger partial charge in [0.2, 0.25) is 5.91 Å². The van der Waals surface area contributed by atoms with Crippen molar-refractivity contribution < 1.29 is 14.0 Å². The molecule has 154 valence electrons. The molecule has 2 aromatic carbocycles. The molecular formula is C23H28FN3O2. The van der Waals surface area contributed by atoms with Gasteiger partial charge in [-0.2, -0.15) is 0 Å². The monoisotopic (exact) mass is 397 g/mol. The minimum atomic E-state index is -0.899. The maximum Gasteiger partial charge on any atom is 0.315 e. The third-order valence-electron chi connectivity index (χ3n) is 5.45. The first kappa shape index (κ1) is 20.8. The molecule has 0 aliphatic heterocycles. The molecule has 3 rings (SSSR count). The molecule has 2 N–H and O–H groups in total. The quantitative estimate of drug-likeness (QED) is 0.742. The number of urea groups is 1. The first-order valence-electron chi connectivity index (χ1n) is 10.2. The van der Waals surface area contributed by atoms with Gasteiger partial charge in [-0.3, -0.25) is 4.79 Å². The Balaban J connectivity index is 1.67. The lowest BCUT2D eigenvalue weighted by Crippen LogP contribution is -2.59. The van der Waals surface area contributed by atoms with Crippen molar-refractivity contribution in [3.8, 4) is 0 Å². The van der Waals surface area contributed by atoms with Crippen LogP contribution in [0.5, 0.6) is 0 Å². The van der Waals surface area contributed by atoms with Crippen LogP contribution in [0.25, 0.3) is 0 Å². The van der Waals surface area contributed by atoms with E-state index in [1.54, 1.807) is 17.0 Å². The Bertz CT molecular complexity index is 835. The number of rotatable bonds is 7. The Morgan fingerprint density at radius 3 is 2.38 bits per heavy atom. The Morgan fingerprint density at radius 1 is 1.03 bits per heavy atom. The van der Waals surface area contributed by atoms with Crippen LogP contribution in [-0.2, 0) is 17.9 Å². The number of benzene rings is 2. The highest BCUT2D eigenvalue weighted by Crippen LogP contribution is 2.32. The molecule has 5 nitrogen and oxygen atoms in total. The molecule has 2 aromatic rings. The van der Waals surface area contributed by atoms with Crippen molar-refractivity contribution in [2.45, 2.75) is 51.2 Å². The zero-order chi connectivity index (χ0) is 20.7. The summed E-state index contributed by atoms with van der Waals surface area (Å²) in [5, 5.41) is 5.81. The van der Waals surface area contributed by atoms with Crippen molar-refractivity contribution in [2.75, 3.05) is 6.54 Å². The Labute approximate surface area is 171 Å². The number of halogens is 1. The van der Waals surface area contributed by atoms with Crippen molar-refractivity contribution in [2.24, 2.45) is 0 Å². The minimum absolute atomic E-state index is 0.100. The molecule has 1 aliphatic carbocycles. The summed E-state index contributed by atoms with van der Waals surface area (Å²) >= 11 is 0. The summed E-state index contributed by atoms with van der Waals surface area (Å²) < 4.78 is 13.5. The molecule has 0 unspecified atom stereocenters. The number of likely N-dealkylation sites (N-methyl/N-ethyl adjacent to an activating group) is 1. The van der Waals surface area contributed by atoms with Crippen LogP contribution in [0.15, 0.2) is 54.6 Å². The van der Waals surface area contributed by atoms with Crippen LogP contribution in [0.3, 0.4) is 0 Å². The summed E-state index contributed by atoms with van der Waals surface area (Å²) in [7, 11) is 0. The standard InChI is InChI=1S/C23H28FN3O2/c1-2-27(17-19-11-8-12-20(24)15-19)21(28)23(13-6-7-14-23)26-22(29)25-16-18-9-4-3-5-10-18/h3-5,8-12,15H,2,6-7,13-14,16-17H2,1H3,(H2,25,26,29). The van der Waals surface area contributed by atoms with E-state index in [0.29, 0.717) is 32.5 Å². The van der Waals surface area contributed by atoms with E-state index in [0.717, 1.165) is 24.0 Å². The molecule has 0 saturated heterocycles. The highest BCUT2D eigenvalue weighted by atomic mass is 19.1. The zero-order valence-electron chi connectivity index (χ0n) is 16.8. The molecule has 0 aromatic heterocycles. The molecule has 1 saturated carbocycles. The maximum atomic E-state index is 13.5. The lowest BCUT2D eigenvalue weighted by atomic mass is 9.95. The van der Waals surface area contributed by atoms with Gasteiger partial charge < -0.3 is 15.5 Å². The third-order valence-corrected chi connectivity index (χ3v) is 5.45. The van der Waals surface area contributed by atoms with Crippen molar-refractivity contribution in [3.63, 3.8) is 0 Å². The zero-order valence-corrected chi connectivity index (χ0v) is 16.8. The van der Waals surface area contributed by atoms with Crippen molar-refractivity contribution >= 4 is 11.9 Å². The summed E-state index contributed by atoms with van der Waals surface area (Å²) in [5.74, 6) is -0.420. The molecule has 1 fully saturated rings. The molecule has 0 spiro atoms. The number of hydrogen-bond acceptors (Lipinski definition) is 2. The molecule has 0 atom stereocenters. The summed E-state index contributed by atoms with van der Waals surface area (Å²) in [6, 6.07) is 15.6. The Morgan fingerprint density at radius 2 is 1.72 bits per heavy atom. The fourth-order valence-corrected chi connectivity index (χ4v) is 3.90. The van der Waals surface area contributed by atoms with Crippen LogP contribution in [0.4, 0.5) is 9.18 Å². The van der Waals surface area contributed by atoms with Gasteiger partial charge in [0.25, 0.3) is 0 Å². The van der Waals surface area contributed by atoms with E-state index in [1.807, 2.05) is 37.3 Å². The van der Waals surface area contributed by atoms with Gasteiger partial charge in [0.05, 0.1) is 0 Å².